The summed E-state index contributed by atoms with van der Waals surface area (Å²) in [7, 11) is 5.67. The third-order valence-corrected chi connectivity index (χ3v) is 10.00. The maximum Gasteiger partial charge on any atom is 0.416 e. The third-order valence-electron chi connectivity index (χ3n) is 10.00. The summed E-state index contributed by atoms with van der Waals surface area (Å²) in [6, 6.07) is 29.4. The Hall–Kier alpha value is -5.17. The van der Waals surface area contributed by atoms with Crippen LogP contribution in [0, 0.1) is 0 Å². The van der Waals surface area contributed by atoms with E-state index in [4.69, 9.17) is 4.74 Å². The number of halogens is 3. The molecule has 0 radical (unpaired) electrons. The molecular weight excluding hydrogens is 720 g/mol. The van der Waals surface area contributed by atoms with Gasteiger partial charge in [0, 0.05) is 83.8 Å². The minimum Gasteiger partial charge on any atom is -0.395 e. The minimum atomic E-state index is -4.47. The average molecular weight is 772 g/mol. The second-order valence-corrected chi connectivity index (χ2v) is 14.2. The summed E-state index contributed by atoms with van der Waals surface area (Å²) in [5, 5.41) is 9.26. The van der Waals surface area contributed by atoms with Crippen LogP contribution in [-0.4, -0.2) is 111 Å². The molecule has 4 aromatic carbocycles. The van der Waals surface area contributed by atoms with Crippen LogP contribution in [0.5, 0.6) is 0 Å². The summed E-state index contributed by atoms with van der Waals surface area (Å²) < 4.78 is 45.1. The molecule has 4 aromatic rings. The number of likely N-dealkylation sites (N-methyl/N-ethyl adjacent to an activating group) is 3. The Kier molecular flexibility index (Phi) is 15.1. The molecule has 1 aliphatic rings. The predicted molar refractivity (Wildman–Crippen MR) is 215 cm³/mol. The number of rotatable bonds is 17. The molecule has 1 N–H and O–H groups in total. The molecule has 5 rings (SSSR count). The first kappa shape index (κ1) is 42.0. The molecule has 298 valence electrons. The van der Waals surface area contributed by atoms with Crippen LogP contribution in [0.2, 0.25) is 0 Å². The fraction of sp³-hybridized carbons (Fsp3) is 0.364. The molecule has 0 saturated carbocycles. The standard InChI is InChI=1S/C44H52F3N5O4/c1-48(32-36-11-18-39(19-12-36)49(2)25-28-53)23-24-50(3)43(55)41(31-35-7-5-4-6-8-35)52(33-37-13-20-40(21-14-37)51-26-29-56-30-27-51)42(54)22-15-34-9-16-38(17-10-34)44(45,46)47/h4-22,41,53H,23-33H2,1-3H3/t41-/m0/s1. The van der Waals surface area contributed by atoms with Crippen molar-refractivity contribution >= 4 is 29.3 Å². The van der Waals surface area contributed by atoms with E-state index in [1.165, 1.54) is 24.3 Å². The summed E-state index contributed by atoms with van der Waals surface area (Å²) in [5.41, 5.74) is 4.55. The Morgan fingerprint density at radius 1 is 0.786 bits per heavy atom. The van der Waals surface area contributed by atoms with Gasteiger partial charge in [0.25, 0.3) is 0 Å². The van der Waals surface area contributed by atoms with Crippen LogP contribution < -0.4 is 9.80 Å². The van der Waals surface area contributed by atoms with Gasteiger partial charge < -0.3 is 34.3 Å². The van der Waals surface area contributed by atoms with Crippen LogP contribution in [0.4, 0.5) is 24.5 Å². The highest BCUT2D eigenvalue weighted by molar-refractivity contribution is 5.95. The lowest BCUT2D eigenvalue weighted by molar-refractivity contribution is -0.143. The number of morpholine rings is 1. The largest absolute Gasteiger partial charge is 0.416 e. The number of ether oxygens (including phenoxy) is 1. The zero-order valence-corrected chi connectivity index (χ0v) is 32.4. The number of aliphatic hydroxyl groups is 1. The highest BCUT2D eigenvalue weighted by Crippen LogP contribution is 2.29. The lowest BCUT2D eigenvalue weighted by Crippen LogP contribution is -2.51. The van der Waals surface area contributed by atoms with Gasteiger partial charge in [-0.15, -0.1) is 0 Å². The monoisotopic (exact) mass is 771 g/mol. The molecule has 0 unspecified atom stereocenters. The van der Waals surface area contributed by atoms with Gasteiger partial charge >= 0.3 is 6.18 Å². The lowest BCUT2D eigenvalue weighted by Gasteiger charge is -2.34. The lowest BCUT2D eigenvalue weighted by atomic mass is 10.0. The van der Waals surface area contributed by atoms with E-state index in [0.29, 0.717) is 45.0 Å². The Morgan fingerprint density at radius 2 is 1.41 bits per heavy atom. The molecule has 0 aromatic heterocycles. The second kappa shape index (κ2) is 20.1. The summed E-state index contributed by atoms with van der Waals surface area (Å²) >= 11 is 0. The molecule has 1 saturated heterocycles. The molecule has 9 nitrogen and oxygen atoms in total. The van der Waals surface area contributed by atoms with Crippen LogP contribution in [0.1, 0.15) is 27.8 Å². The number of hydrogen-bond acceptors (Lipinski definition) is 7. The van der Waals surface area contributed by atoms with Crippen molar-refractivity contribution in [2.24, 2.45) is 0 Å². The molecule has 0 spiro atoms. The fourth-order valence-electron chi connectivity index (χ4n) is 6.60. The second-order valence-electron chi connectivity index (χ2n) is 14.2. The summed E-state index contributed by atoms with van der Waals surface area (Å²) in [4.78, 5) is 38.3. The molecule has 0 aliphatic carbocycles. The molecule has 0 bridgehead atoms. The van der Waals surface area contributed by atoms with E-state index in [2.05, 4.69) is 21.9 Å². The Bertz CT molecular complexity index is 1850. The van der Waals surface area contributed by atoms with Gasteiger partial charge in [-0.3, -0.25) is 9.59 Å². The van der Waals surface area contributed by atoms with Gasteiger partial charge in [-0.05, 0) is 71.8 Å². The number of aliphatic hydroxyl groups excluding tert-OH is 1. The average Bonchev–Trinajstić information content (AvgIpc) is 3.21. The van der Waals surface area contributed by atoms with Crippen molar-refractivity contribution in [1.29, 1.82) is 0 Å². The summed E-state index contributed by atoms with van der Waals surface area (Å²) in [6.45, 7) is 5.29. The zero-order chi connectivity index (χ0) is 40.1. The number of carbonyl (C=O) groups is 2. The van der Waals surface area contributed by atoms with Crippen LogP contribution in [0.25, 0.3) is 6.08 Å². The molecule has 56 heavy (non-hydrogen) atoms. The number of alkyl halides is 3. The van der Waals surface area contributed by atoms with Crippen LogP contribution in [0.15, 0.2) is 109 Å². The zero-order valence-electron chi connectivity index (χ0n) is 32.4. The molecule has 1 fully saturated rings. The third kappa shape index (κ3) is 12.2. The fourth-order valence-corrected chi connectivity index (χ4v) is 6.60. The first-order valence-corrected chi connectivity index (χ1v) is 18.9. The van der Waals surface area contributed by atoms with Gasteiger partial charge in [-0.1, -0.05) is 66.7 Å². The first-order chi connectivity index (χ1) is 26.9. The number of anilines is 2. The molecular formula is C44H52F3N5O4. The molecule has 1 aliphatic heterocycles. The predicted octanol–water partition coefficient (Wildman–Crippen LogP) is 6.21. The summed E-state index contributed by atoms with van der Waals surface area (Å²) in [5.74, 6) is -0.658. The quantitative estimate of drug-likeness (QED) is 0.128. The van der Waals surface area contributed by atoms with E-state index in [1.807, 2.05) is 85.7 Å². The van der Waals surface area contributed by atoms with Crippen molar-refractivity contribution in [2.45, 2.75) is 31.7 Å². The maximum absolute atomic E-state index is 14.5. The van der Waals surface area contributed by atoms with E-state index in [9.17, 15) is 27.9 Å². The van der Waals surface area contributed by atoms with Crippen molar-refractivity contribution in [3.05, 3.63) is 137 Å². The topological polar surface area (TPSA) is 79.8 Å². The molecule has 12 heteroatoms. The summed E-state index contributed by atoms with van der Waals surface area (Å²) in [6.07, 6.45) is -1.39. The van der Waals surface area contributed by atoms with E-state index >= 15 is 0 Å². The van der Waals surface area contributed by atoms with Crippen molar-refractivity contribution in [1.82, 2.24) is 14.7 Å². The Labute approximate surface area is 328 Å². The van der Waals surface area contributed by atoms with Gasteiger partial charge in [0.05, 0.1) is 25.4 Å². The number of hydrogen-bond donors (Lipinski definition) is 1. The molecule has 1 heterocycles. The van der Waals surface area contributed by atoms with Crippen LogP contribution in [-0.2, 0) is 40.0 Å². The van der Waals surface area contributed by atoms with Gasteiger partial charge in [0.2, 0.25) is 11.8 Å². The van der Waals surface area contributed by atoms with Crippen LogP contribution >= 0.6 is 0 Å². The first-order valence-electron chi connectivity index (χ1n) is 18.9. The van der Waals surface area contributed by atoms with E-state index < -0.39 is 23.7 Å². The van der Waals surface area contributed by atoms with Crippen molar-refractivity contribution in [3.8, 4) is 0 Å². The number of amides is 2. The minimum absolute atomic E-state index is 0.0766. The number of nitrogens with zero attached hydrogens (tertiary/aromatic N) is 5. The van der Waals surface area contributed by atoms with Crippen molar-refractivity contribution in [2.75, 3.05) is 83.5 Å². The number of carbonyl (C=O) groups excluding carboxylic acids is 2. The van der Waals surface area contributed by atoms with E-state index in [0.717, 1.165) is 53.3 Å². The van der Waals surface area contributed by atoms with Crippen molar-refractivity contribution in [3.63, 3.8) is 0 Å². The van der Waals surface area contributed by atoms with Gasteiger partial charge in [-0.25, -0.2) is 0 Å². The molecule has 2 amide bonds. The highest BCUT2D eigenvalue weighted by atomic mass is 19.4. The van der Waals surface area contributed by atoms with Crippen molar-refractivity contribution < 1.29 is 32.6 Å². The van der Waals surface area contributed by atoms with Crippen LogP contribution in [0.3, 0.4) is 0 Å². The smallest absolute Gasteiger partial charge is 0.395 e. The SMILES string of the molecule is CN(CCN(C)C(=O)[C@H](Cc1ccccc1)N(Cc1ccc(N2CCOCC2)cc1)C(=O)C=Cc1ccc(C(F)(F)F)cc1)Cc1ccc(N(C)CCO)cc1. The number of benzene rings is 4. The van der Waals surface area contributed by atoms with E-state index in [-0.39, 0.29) is 25.5 Å². The highest BCUT2D eigenvalue weighted by Gasteiger charge is 2.32. The Morgan fingerprint density at radius 3 is 2.04 bits per heavy atom. The molecule has 1 atom stereocenters. The van der Waals surface area contributed by atoms with Gasteiger partial charge in [0.15, 0.2) is 0 Å². The normalized spacial score (nSPS) is 13.9. The van der Waals surface area contributed by atoms with Gasteiger partial charge in [-0.2, -0.15) is 13.2 Å². The maximum atomic E-state index is 14.5. The van der Waals surface area contributed by atoms with E-state index in [1.54, 1.807) is 16.8 Å². The Balaban J connectivity index is 1.37. The van der Waals surface area contributed by atoms with Gasteiger partial charge in [0.1, 0.15) is 6.04 Å².